The van der Waals surface area contributed by atoms with Gasteiger partial charge in [0.15, 0.2) is 0 Å². The molecular formula is C15H22. The van der Waals surface area contributed by atoms with Gasteiger partial charge in [0.05, 0.1) is 0 Å². The molecule has 0 atom stereocenters. The van der Waals surface area contributed by atoms with Crippen LogP contribution < -0.4 is 0 Å². The van der Waals surface area contributed by atoms with Crippen LogP contribution in [0, 0.1) is 0 Å². The van der Waals surface area contributed by atoms with Crippen molar-refractivity contribution in [3.8, 4) is 0 Å². The van der Waals surface area contributed by atoms with E-state index in [1.54, 1.807) is 11.1 Å². The summed E-state index contributed by atoms with van der Waals surface area (Å²) in [4.78, 5) is 0. The van der Waals surface area contributed by atoms with Crippen molar-refractivity contribution < 1.29 is 0 Å². The van der Waals surface area contributed by atoms with Gasteiger partial charge in [-0.15, -0.1) is 0 Å². The molecule has 0 N–H and O–H groups in total. The molecule has 0 heterocycles. The molecule has 82 valence electrons. The highest BCUT2D eigenvalue weighted by molar-refractivity contribution is 5.42. The smallest absolute Gasteiger partial charge is 0.00977 e. The van der Waals surface area contributed by atoms with Gasteiger partial charge in [0.25, 0.3) is 0 Å². The quantitative estimate of drug-likeness (QED) is 0.591. The maximum absolute atomic E-state index is 2.42. The van der Waals surface area contributed by atoms with Crippen molar-refractivity contribution in [1.29, 1.82) is 0 Å². The van der Waals surface area contributed by atoms with Crippen molar-refractivity contribution in [1.82, 2.24) is 0 Å². The summed E-state index contributed by atoms with van der Waals surface area (Å²) in [5, 5.41) is 0. The van der Waals surface area contributed by atoms with Crippen molar-refractivity contribution in [2.75, 3.05) is 0 Å². The SMILES string of the molecule is CC(C)(C)c1ccc2c(c1)CCC2(C)C. The van der Waals surface area contributed by atoms with E-state index in [0.29, 0.717) is 5.41 Å². The number of aryl methyl sites for hydroxylation is 1. The van der Waals surface area contributed by atoms with Gasteiger partial charge < -0.3 is 0 Å². The zero-order valence-electron chi connectivity index (χ0n) is 10.6. The molecule has 1 aromatic rings. The normalized spacial score (nSPS) is 19.0. The van der Waals surface area contributed by atoms with Gasteiger partial charge in [0.2, 0.25) is 0 Å². The van der Waals surface area contributed by atoms with Gasteiger partial charge in [-0.1, -0.05) is 52.8 Å². The highest BCUT2D eigenvalue weighted by Gasteiger charge is 2.30. The van der Waals surface area contributed by atoms with Crippen LogP contribution in [0.15, 0.2) is 18.2 Å². The molecule has 0 aliphatic heterocycles. The van der Waals surface area contributed by atoms with E-state index in [-0.39, 0.29) is 5.41 Å². The summed E-state index contributed by atoms with van der Waals surface area (Å²) in [7, 11) is 0. The largest absolute Gasteiger partial charge is 0.0582 e. The Labute approximate surface area is 93.7 Å². The first kappa shape index (κ1) is 10.7. The molecule has 0 saturated carbocycles. The van der Waals surface area contributed by atoms with Gasteiger partial charge in [-0.3, -0.25) is 0 Å². The lowest BCUT2D eigenvalue weighted by atomic mass is 9.82. The molecule has 0 radical (unpaired) electrons. The van der Waals surface area contributed by atoms with Crippen LogP contribution in [0.4, 0.5) is 0 Å². The molecule has 0 bridgehead atoms. The fraction of sp³-hybridized carbons (Fsp3) is 0.600. The minimum absolute atomic E-state index is 0.280. The van der Waals surface area contributed by atoms with E-state index in [4.69, 9.17) is 0 Å². The fourth-order valence-corrected chi connectivity index (χ4v) is 2.51. The van der Waals surface area contributed by atoms with Crippen molar-refractivity contribution in [2.45, 2.75) is 58.3 Å². The molecule has 0 fully saturated rings. The lowest BCUT2D eigenvalue weighted by Crippen LogP contribution is -2.14. The molecule has 0 nitrogen and oxygen atoms in total. The van der Waals surface area contributed by atoms with Crippen molar-refractivity contribution >= 4 is 0 Å². The zero-order chi connectivity index (χ0) is 11.3. The average Bonchev–Trinajstić information content (AvgIpc) is 2.41. The summed E-state index contributed by atoms with van der Waals surface area (Å²) >= 11 is 0. The second-order valence-corrected chi connectivity index (χ2v) is 6.51. The van der Waals surface area contributed by atoms with E-state index in [2.05, 4.69) is 52.8 Å². The van der Waals surface area contributed by atoms with E-state index in [1.807, 2.05) is 0 Å². The van der Waals surface area contributed by atoms with Crippen LogP contribution in [0.2, 0.25) is 0 Å². The highest BCUT2D eigenvalue weighted by atomic mass is 14.3. The molecule has 0 heteroatoms. The topological polar surface area (TPSA) is 0 Å². The standard InChI is InChI=1S/C15H22/c1-14(2,3)12-6-7-13-11(10-12)8-9-15(13,4)5/h6-7,10H,8-9H2,1-5H3. The second-order valence-electron chi connectivity index (χ2n) is 6.51. The molecule has 15 heavy (non-hydrogen) atoms. The molecule has 0 unspecified atom stereocenters. The van der Waals surface area contributed by atoms with Gasteiger partial charge in [0, 0.05) is 0 Å². The number of benzene rings is 1. The molecule has 0 spiro atoms. The third kappa shape index (κ3) is 1.82. The Morgan fingerprint density at radius 2 is 1.80 bits per heavy atom. The van der Waals surface area contributed by atoms with Crippen molar-refractivity contribution in [3.05, 3.63) is 34.9 Å². The Kier molecular flexibility index (Phi) is 2.22. The maximum atomic E-state index is 2.42. The van der Waals surface area contributed by atoms with Crippen LogP contribution in [0.5, 0.6) is 0 Å². The van der Waals surface area contributed by atoms with Crippen LogP contribution in [0.1, 0.15) is 57.7 Å². The third-order valence-corrected chi connectivity index (χ3v) is 3.72. The number of fused-ring (bicyclic) bond motifs is 1. The van der Waals surface area contributed by atoms with E-state index >= 15 is 0 Å². The second kappa shape index (κ2) is 3.10. The monoisotopic (exact) mass is 202 g/mol. The van der Waals surface area contributed by atoms with Crippen LogP contribution in [-0.2, 0) is 17.3 Å². The van der Waals surface area contributed by atoms with E-state index < -0.39 is 0 Å². The molecule has 0 saturated heterocycles. The Morgan fingerprint density at radius 3 is 2.40 bits per heavy atom. The van der Waals surface area contributed by atoms with E-state index in [9.17, 15) is 0 Å². The Morgan fingerprint density at radius 1 is 1.13 bits per heavy atom. The zero-order valence-corrected chi connectivity index (χ0v) is 10.6. The highest BCUT2D eigenvalue weighted by Crippen LogP contribution is 2.39. The Bertz CT molecular complexity index is 378. The van der Waals surface area contributed by atoms with Crippen LogP contribution in [0.3, 0.4) is 0 Å². The minimum Gasteiger partial charge on any atom is -0.0582 e. The molecule has 1 aromatic carbocycles. The molecule has 1 aliphatic carbocycles. The predicted molar refractivity (Wildman–Crippen MR) is 66.5 cm³/mol. The molecule has 0 aromatic heterocycles. The number of rotatable bonds is 0. The summed E-state index contributed by atoms with van der Waals surface area (Å²) in [5.41, 5.74) is 5.29. The van der Waals surface area contributed by atoms with Crippen LogP contribution >= 0.6 is 0 Å². The third-order valence-electron chi connectivity index (χ3n) is 3.72. The number of hydrogen-bond acceptors (Lipinski definition) is 0. The van der Waals surface area contributed by atoms with Gasteiger partial charge in [-0.05, 0) is 40.4 Å². The Hall–Kier alpha value is -0.780. The van der Waals surface area contributed by atoms with E-state index in [1.165, 1.54) is 18.4 Å². The van der Waals surface area contributed by atoms with Gasteiger partial charge in [0.1, 0.15) is 0 Å². The summed E-state index contributed by atoms with van der Waals surface area (Å²) in [6, 6.07) is 7.08. The van der Waals surface area contributed by atoms with Gasteiger partial charge in [-0.25, -0.2) is 0 Å². The molecular weight excluding hydrogens is 180 g/mol. The Balaban J connectivity index is 2.47. The summed E-state index contributed by atoms with van der Waals surface area (Å²) in [6.07, 6.45) is 2.56. The van der Waals surface area contributed by atoms with Crippen LogP contribution in [0.25, 0.3) is 0 Å². The summed E-state index contributed by atoms with van der Waals surface area (Å²) in [5.74, 6) is 0. The molecule has 2 rings (SSSR count). The lowest BCUT2D eigenvalue weighted by Gasteiger charge is -2.22. The van der Waals surface area contributed by atoms with Gasteiger partial charge in [-0.2, -0.15) is 0 Å². The van der Waals surface area contributed by atoms with Gasteiger partial charge >= 0.3 is 0 Å². The minimum atomic E-state index is 0.280. The van der Waals surface area contributed by atoms with E-state index in [0.717, 1.165) is 0 Å². The molecule has 0 amide bonds. The summed E-state index contributed by atoms with van der Waals surface area (Å²) < 4.78 is 0. The van der Waals surface area contributed by atoms with Crippen LogP contribution in [-0.4, -0.2) is 0 Å². The lowest BCUT2D eigenvalue weighted by molar-refractivity contribution is 0.522. The first-order valence-corrected chi connectivity index (χ1v) is 5.95. The van der Waals surface area contributed by atoms with Crippen molar-refractivity contribution in [3.63, 3.8) is 0 Å². The predicted octanol–water partition coefficient (Wildman–Crippen LogP) is 4.21. The first-order chi connectivity index (χ1) is 6.81. The fourth-order valence-electron chi connectivity index (χ4n) is 2.51. The first-order valence-electron chi connectivity index (χ1n) is 5.95. The maximum Gasteiger partial charge on any atom is -0.00977 e. The van der Waals surface area contributed by atoms with Crippen molar-refractivity contribution in [2.24, 2.45) is 0 Å². The summed E-state index contributed by atoms with van der Waals surface area (Å²) in [6.45, 7) is 11.6. The average molecular weight is 202 g/mol. The number of hydrogen-bond donors (Lipinski definition) is 0. The molecule has 1 aliphatic rings.